The minimum absolute atomic E-state index is 0.465. The van der Waals surface area contributed by atoms with Crippen LogP contribution in [0.3, 0.4) is 0 Å². The van der Waals surface area contributed by atoms with Crippen LogP contribution in [0.1, 0.15) is 27.7 Å². The second kappa shape index (κ2) is 3.75. The summed E-state index contributed by atoms with van der Waals surface area (Å²) in [4.78, 5) is 0. The Morgan fingerprint density at radius 2 is 1.50 bits per heavy atom. The van der Waals surface area contributed by atoms with Crippen LogP contribution >= 0.6 is 22.2 Å². The molecule has 0 spiro atoms. The van der Waals surface area contributed by atoms with E-state index in [1.54, 1.807) is 0 Å². The van der Waals surface area contributed by atoms with Crippen LogP contribution in [0.5, 0.6) is 0 Å². The fraction of sp³-hybridized carbons (Fsp3) is 1.00. The molecule has 1 fully saturated rings. The molecule has 0 saturated carbocycles. The van der Waals surface area contributed by atoms with Gasteiger partial charge in [-0.2, -0.15) is 0 Å². The molecule has 2 nitrogen and oxygen atoms in total. The van der Waals surface area contributed by atoms with Gasteiger partial charge in [-0.1, -0.05) is 27.7 Å². The lowest BCUT2D eigenvalue weighted by molar-refractivity contribution is 0.382. The molecule has 6 heteroatoms. The van der Waals surface area contributed by atoms with Crippen LogP contribution in [0.2, 0.25) is 12.1 Å². The Kier molecular flexibility index (Phi) is 3.48. The zero-order chi connectivity index (χ0) is 11.3. The van der Waals surface area contributed by atoms with Gasteiger partial charge in [0.1, 0.15) is 0 Å². The molecular formula is C8H20Cl2N2Si2. The van der Waals surface area contributed by atoms with Crippen molar-refractivity contribution in [1.82, 2.24) is 8.46 Å². The van der Waals surface area contributed by atoms with Gasteiger partial charge >= 0.3 is 7.71 Å². The van der Waals surface area contributed by atoms with E-state index in [2.05, 4.69) is 49.8 Å². The van der Waals surface area contributed by atoms with Gasteiger partial charge in [0.15, 0.2) is 0 Å². The van der Waals surface area contributed by atoms with Crippen molar-refractivity contribution < 1.29 is 0 Å². The van der Waals surface area contributed by atoms with Crippen LogP contribution in [-0.4, -0.2) is 37.0 Å². The van der Waals surface area contributed by atoms with Crippen molar-refractivity contribution in [3.8, 4) is 0 Å². The highest BCUT2D eigenvalue weighted by Gasteiger charge is 2.68. The van der Waals surface area contributed by atoms with Crippen LogP contribution < -0.4 is 0 Å². The second-order valence-corrected chi connectivity index (χ2v) is 16.0. The number of halogens is 2. The molecule has 0 N–H and O–H groups in total. The van der Waals surface area contributed by atoms with Crippen molar-refractivity contribution in [2.45, 2.75) is 45.8 Å². The summed E-state index contributed by atoms with van der Waals surface area (Å²) in [5.74, 6) is 0. The average Bonchev–Trinajstić information content (AvgIpc) is 2.01. The van der Waals surface area contributed by atoms with Gasteiger partial charge in [0.05, 0.1) is 0 Å². The molecule has 2 unspecified atom stereocenters. The molecule has 1 heterocycles. The Balaban J connectivity index is 3.00. The Hall–Kier alpha value is 0.934. The van der Waals surface area contributed by atoms with Crippen molar-refractivity contribution in [1.29, 1.82) is 0 Å². The Morgan fingerprint density at radius 1 is 1.07 bits per heavy atom. The second-order valence-electron chi connectivity index (χ2n) is 4.72. The maximum atomic E-state index is 6.78. The molecule has 0 bridgehead atoms. The van der Waals surface area contributed by atoms with Crippen molar-refractivity contribution in [3.63, 3.8) is 0 Å². The monoisotopic (exact) mass is 270 g/mol. The van der Waals surface area contributed by atoms with Gasteiger partial charge in [-0.25, -0.2) is 0 Å². The summed E-state index contributed by atoms with van der Waals surface area (Å²) in [7, 11) is -1.72. The first kappa shape index (κ1) is 13.0. The summed E-state index contributed by atoms with van der Waals surface area (Å²) < 4.78 is 4.72. The SMILES string of the molecule is CC(C)N1[Si](C)(Cl)N(C)[Si]1(Cl)C(C)C. The van der Waals surface area contributed by atoms with Crippen molar-refractivity contribution in [2.24, 2.45) is 0 Å². The van der Waals surface area contributed by atoms with Crippen molar-refractivity contribution >= 4 is 37.6 Å². The standard InChI is InChI=1S/C8H20Cl2N2Si2/c1-7(2)12-13(6,9)11(5)14(12,10)8(3)4/h7-8H,1-6H3. The van der Waals surface area contributed by atoms with E-state index in [9.17, 15) is 0 Å². The minimum Gasteiger partial charge on any atom is -0.300 e. The number of hydrogen-bond donors (Lipinski definition) is 0. The lowest BCUT2D eigenvalue weighted by Crippen LogP contribution is -2.89. The normalized spacial score (nSPS) is 40.7. The first-order chi connectivity index (χ1) is 6.16. The molecule has 1 rings (SSSR count). The third-order valence-electron chi connectivity index (χ3n) is 3.11. The third-order valence-corrected chi connectivity index (χ3v) is 19.6. The van der Waals surface area contributed by atoms with Gasteiger partial charge in [-0.05, 0) is 25.2 Å². The smallest absolute Gasteiger partial charge is 0.300 e. The molecule has 14 heavy (non-hydrogen) atoms. The van der Waals surface area contributed by atoms with E-state index in [-0.39, 0.29) is 0 Å². The van der Waals surface area contributed by atoms with Crippen LogP contribution in [0.4, 0.5) is 0 Å². The van der Waals surface area contributed by atoms with Crippen LogP contribution in [-0.2, 0) is 0 Å². The molecule has 0 radical (unpaired) electrons. The minimum atomic E-state index is -1.94. The number of hydrogen-bond acceptors (Lipinski definition) is 2. The maximum Gasteiger partial charge on any atom is 0.300 e. The average molecular weight is 271 g/mol. The first-order valence-corrected chi connectivity index (χ1v) is 11.5. The van der Waals surface area contributed by atoms with Crippen molar-refractivity contribution in [2.75, 3.05) is 7.05 Å². The fourth-order valence-electron chi connectivity index (χ4n) is 2.35. The van der Waals surface area contributed by atoms with Gasteiger partial charge in [-0.15, -0.1) is 22.2 Å². The summed E-state index contributed by atoms with van der Waals surface area (Å²) in [5.41, 5.74) is 0.510. The molecule has 0 amide bonds. The van der Waals surface area contributed by atoms with E-state index in [0.717, 1.165) is 0 Å². The molecule has 0 aromatic rings. The molecule has 0 aromatic heterocycles. The Morgan fingerprint density at radius 3 is 1.71 bits per heavy atom. The summed E-state index contributed by atoms with van der Waals surface area (Å²) in [6, 6.07) is 0.465. The fourth-order valence-corrected chi connectivity index (χ4v) is 20.2. The number of rotatable bonds is 2. The molecule has 0 aromatic carbocycles. The van der Waals surface area contributed by atoms with Gasteiger partial charge in [0, 0.05) is 0 Å². The van der Waals surface area contributed by atoms with Gasteiger partial charge < -0.3 is 4.23 Å². The largest absolute Gasteiger partial charge is 0.300 e. The van der Waals surface area contributed by atoms with Crippen LogP contribution in [0.15, 0.2) is 0 Å². The Bertz CT molecular complexity index is 235. The van der Waals surface area contributed by atoms with E-state index in [1.807, 2.05) is 0 Å². The number of nitrogens with zero attached hydrogens (tertiary/aromatic N) is 2. The predicted molar refractivity (Wildman–Crippen MR) is 68.9 cm³/mol. The summed E-state index contributed by atoms with van der Waals surface area (Å²) >= 11 is 13.4. The lowest BCUT2D eigenvalue weighted by atomic mass is 10.4. The highest BCUT2D eigenvalue weighted by atomic mass is 35.6. The van der Waals surface area contributed by atoms with E-state index in [1.165, 1.54) is 0 Å². The topological polar surface area (TPSA) is 6.48 Å². The van der Waals surface area contributed by atoms with E-state index < -0.39 is 15.4 Å². The van der Waals surface area contributed by atoms with Crippen molar-refractivity contribution in [3.05, 3.63) is 0 Å². The molecule has 0 aliphatic carbocycles. The van der Waals surface area contributed by atoms with E-state index in [0.29, 0.717) is 11.6 Å². The quantitative estimate of drug-likeness (QED) is 0.562. The van der Waals surface area contributed by atoms with Gasteiger partial charge in [0.25, 0.3) is 7.71 Å². The van der Waals surface area contributed by atoms with E-state index in [4.69, 9.17) is 22.2 Å². The molecule has 1 saturated heterocycles. The van der Waals surface area contributed by atoms with Crippen LogP contribution in [0, 0.1) is 0 Å². The molecule has 1 aliphatic heterocycles. The van der Waals surface area contributed by atoms with Gasteiger partial charge in [-0.3, -0.25) is 4.23 Å². The predicted octanol–water partition coefficient (Wildman–Crippen LogP) is 3.04. The van der Waals surface area contributed by atoms with E-state index >= 15 is 0 Å². The molecule has 2 atom stereocenters. The zero-order valence-electron chi connectivity index (χ0n) is 9.81. The molecular weight excluding hydrogens is 251 g/mol. The molecule has 84 valence electrons. The zero-order valence-corrected chi connectivity index (χ0v) is 13.3. The third kappa shape index (κ3) is 1.51. The lowest BCUT2D eigenvalue weighted by Gasteiger charge is -2.66. The Labute approximate surface area is 98.9 Å². The highest BCUT2D eigenvalue weighted by Crippen LogP contribution is 2.49. The van der Waals surface area contributed by atoms with Gasteiger partial charge in [0.2, 0.25) is 0 Å². The summed E-state index contributed by atoms with van der Waals surface area (Å²) in [6.45, 7) is 10.9. The summed E-state index contributed by atoms with van der Waals surface area (Å²) in [6.07, 6.45) is 0. The first-order valence-electron chi connectivity index (χ1n) is 5.08. The summed E-state index contributed by atoms with van der Waals surface area (Å²) in [5, 5.41) is 0. The maximum absolute atomic E-state index is 6.78. The van der Waals surface area contributed by atoms with Crippen LogP contribution in [0.25, 0.3) is 0 Å². The highest BCUT2D eigenvalue weighted by molar-refractivity contribution is 7.39. The molecule has 1 aliphatic rings.